The Morgan fingerprint density at radius 2 is 1.88 bits per heavy atom. The molecule has 1 amide bonds. The third-order valence-corrected chi connectivity index (χ3v) is 8.00. The number of amidine groups is 1. The van der Waals surface area contributed by atoms with Crippen LogP contribution in [0.1, 0.15) is 25.3 Å². The van der Waals surface area contributed by atoms with E-state index in [0.29, 0.717) is 10.7 Å². The molecule has 0 aliphatic carbocycles. The van der Waals surface area contributed by atoms with Gasteiger partial charge in [0.15, 0.2) is 10.9 Å². The van der Waals surface area contributed by atoms with Gasteiger partial charge in [0, 0.05) is 9.13 Å². The number of benzene rings is 3. The largest absolute Gasteiger partial charge is 0.378 e. The number of rotatable bonds is 7. The molecule has 1 heterocycles. The minimum absolute atomic E-state index is 0.0613. The topological polar surface area (TPSA) is 97.2 Å². The summed E-state index contributed by atoms with van der Waals surface area (Å²) in [6, 6.07) is 17.3. The zero-order valence-electron chi connectivity index (χ0n) is 17.6. The quantitative estimate of drug-likeness (QED) is 0.181. The second-order valence-electron chi connectivity index (χ2n) is 7.22. The summed E-state index contributed by atoms with van der Waals surface area (Å²) in [5.41, 5.74) is 0.478. The molecule has 1 aliphatic heterocycles. The molecule has 1 fully saturated rings. The fraction of sp³-hybridized carbons (Fsp3) is 0.174. The van der Waals surface area contributed by atoms with Crippen LogP contribution >= 0.6 is 34.4 Å². The molecular weight excluding hydrogens is 573 g/mol. The average Bonchev–Trinajstić information content (AvgIpc) is 3.14. The minimum Gasteiger partial charge on any atom is -0.378 e. The van der Waals surface area contributed by atoms with Crippen LogP contribution in [0, 0.1) is 3.57 Å². The lowest BCUT2D eigenvalue weighted by atomic mass is 10.0. The highest BCUT2D eigenvalue weighted by atomic mass is 127. The van der Waals surface area contributed by atoms with E-state index in [4.69, 9.17) is 4.18 Å². The van der Waals surface area contributed by atoms with Gasteiger partial charge in [-0.25, -0.2) is 0 Å². The molecule has 0 aromatic heterocycles. The smallest absolute Gasteiger partial charge is 0.339 e. The lowest BCUT2D eigenvalue weighted by Gasteiger charge is -2.11. The van der Waals surface area contributed by atoms with Gasteiger partial charge in [-0.2, -0.15) is 13.5 Å². The standard InChI is InChI=1S/C23H20IN3O4S2/c1-2-5-21-22(28)26-23(32-21)27-25-14-19-18-7-4-3-6-15(18)8-13-20(19)31-33(29,30)17-11-9-16(24)10-12-17/h3-4,6-14,21H,2,5H2,1H3,(H,26,27,28)/t21-/m0/s1. The molecule has 7 nitrogen and oxygen atoms in total. The predicted molar refractivity (Wildman–Crippen MR) is 140 cm³/mol. The van der Waals surface area contributed by atoms with Crippen molar-refractivity contribution in [3.63, 3.8) is 0 Å². The summed E-state index contributed by atoms with van der Waals surface area (Å²) in [6.07, 6.45) is 3.11. The van der Waals surface area contributed by atoms with E-state index in [2.05, 4.69) is 38.1 Å². The highest BCUT2D eigenvalue weighted by Gasteiger charge is 2.29. The molecule has 33 heavy (non-hydrogen) atoms. The lowest BCUT2D eigenvalue weighted by molar-refractivity contribution is -0.118. The van der Waals surface area contributed by atoms with Crippen LogP contribution in [0.15, 0.2) is 75.8 Å². The van der Waals surface area contributed by atoms with Crippen LogP contribution in [0.4, 0.5) is 0 Å². The van der Waals surface area contributed by atoms with Crippen LogP contribution in [0.2, 0.25) is 0 Å². The molecule has 0 radical (unpaired) electrons. The number of amides is 1. The van der Waals surface area contributed by atoms with E-state index < -0.39 is 10.1 Å². The average molecular weight is 593 g/mol. The van der Waals surface area contributed by atoms with Gasteiger partial charge in [-0.05, 0) is 70.1 Å². The molecule has 10 heteroatoms. The van der Waals surface area contributed by atoms with Crippen LogP contribution in [-0.4, -0.2) is 31.0 Å². The van der Waals surface area contributed by atoms with Crippen LogP contribution in [0.5, 0.6) is 5.75 Å². The molecule has 1 aliphatic rings. The summed E-state index contributed by atoms with van der Waals surface area (Å²) in [5, 5.41) is 12.9. The fourth-order valence-electron chi connectivity index (χ4n) is 3.29. The van der Waals surface area contributed by atoms with Crippen LogP contribution in [-0.2, 0) is 14.9 Å². The monoisotopic (exact) mass is 593 g/mol. The van der Waals surface area contributed by atoms with Gasteiger partial charge in [-0.15, -0.1) is 5.10 Å². The Hall–Kier alpha value is -2.44. The van der Waals surface area contributed by atoms with Crippen molar-refractivity contribution in [2.24, 2.45) is 10.2 Å². The van der Waals surface area contributed by atoms with E-state index in [1.165, 1.54) is 30.1 Å². The number of thioether (sulfide) groups is 1. The Morgan fingerprint density at radius 3 is 2.64 bits per heavy atom. The Bertz CT molecular complexity index is 1360. The Kier molecular flexibility index (Phi) is 7.35. The number of hydrogen-bond acceptors (Lipinski definition) is 7. The predicted octanol–water partition coefficient (Wildman–Crippen LogP) is 4.93. The highest BCUT2D eigenvalue weighted by Crippen LogP contribution is 2.30. The second kappa shape index (κ2) is 10.2. The second-order valence-corrected chi connectivity index (χ2v) is 11.2. The van der Waals surface area contributed by atoms with Crippen molar-refractivity contribution in [2.45, 2.75) is 29.9 Å². The number of carbonyl (C=O) groups is 1. The molecule has 1 saturated heterocycles. The zero-order valence-corrected chi connectivity index (χ0v) is 21.4. The third kappa shape index (κ3) is 5.56. The number of hydrogen-bond donors (Lipinski definition) is 1. The number of nitrogens with one attached hydrogen (secondary N) is 1. The minimum atomic E-state index is -4.04. The molecule has 4 rings (SSSR count). The van der Waals surface area contributed by atoms with E-state index in [-0.39, 0.29) is 21.8 Å². The first kappa shape index (κ1) is 23.7. The summed E-state index contributed by atoms with van der Waals surface area (Å²) in [7, 11) is -4.04. The Morgan fingerprint density at radius 1 is 1.12 bits per heavy atom. The van der Waals surface area contributed by atoms with Crippen LogP contribution in [0.25, 0.3) is 10.8 Å². The first-order valence-electron chi connectivity index (χ1n) is 10.2. The van der Waals surface area contributed by atoms with Crippen molar-refractivity contribution in [3.8, 4) is 5.75 Å². The van der Waals surface area contributed by atoms with Crippen molar-refractivity contribution in [1.82, 2.24) is 5.32 Å². The van der Waals surface area contributed by atoms with Crippen molar-refractivity contribution in [1.29, 1.82) is 0 Å². The first-order chi connectivity index (χ1) is 15.9. The van der Waals surface area contributed by atoms with E-state index in [9.17, 15) is 13.2 Å². The van der Waals surface area contributed by atoms with Gasteiger partial charge in [-0.1, -0.05) is 55.4 Å². The van der Waals surface area contributed by atoms with Crippen LogP contribution in [0.3, 0.4) is 0 Å². The van der Waals surface area contributed by atoms with Crippen molar-refractivity contribution in [2.75, 3.05) is 0 Å². The fourth-order valence-corrected chi connectivity index (χ4v) is 5.64. The summed E-state index contributed by atoms with van der Waals surface area (Å²) < 4.78 is 32.2. The Balaban J connectivity index is 1.67. The van der Waals surface area contributed by atoms with Gasteiger partial charge in [0.05, 0.1) is 11.5 Å². The first-order valence-corrected chi connectivity index (χ1v) is 13.5. The molecule has 3 aromatic rings. The summed E-state index contributed by atoms with van der Waals surface area (Å²) >= 11 is 3.45. The summed E-state index contributed by atoms with van der Waals surface area (Å²) in [6.45, 7) is 2.02. The summed E-state index contributed by atoms with van der Waals surface area (Å²) in [4.78, 5) is 12.1. The maximum absolute atomic E-state index is 12.9. The van der Waals surface area contributed by atoms with E-state index in [0.717, 1.165) is 27.2 Å². The van der Waals surface area contributed by atoms with Gasteiger partial charge in [0.25, 0.3) is 0 Å². The van der Waals surface area contributed by atoms with Gasteiger partial charge < -0.3 is 9.50 Å². The van der Waals surface area contributed by atoms with E-state index in [1.54, 1.807) is 24.3 Å². The third-order valence-electron chi connectivity index (χ3n) is 4.90. The molecule has 1 N–H and O–H groups in total. The molecule has 1 atom stereocenters. The molecule has 3 aromatic carbocycles. The van der Waals surface area contributed by atoms with Crippen LogP contribution < -0.4 is 9.50 Å². The molecule has 0 saturated carbocycles. The molecule has 170 valence electrons. The Labute approximate surface area is 210 Å². The van der Waals surface area contributed by atoms with Crippen molar-refractivity contribution < 1.29 is 17.4 Å². The summed E-state index contributed by atoms with van der Waals surface area (Å²) in [5.74, 6) is 0.0665. The number of carbonyl (C=O) groups excluding carboxylic acids is 1. The molecular formula is C23H20IN3O4S2. The van der Waals surface area contributed by atoms with Gasteiger partial charge in [0.1, 0.15) is 4.90 Å². The van der Waals surface area contributed by atoms with Gasteiger partial charge >= 0.3 is 10.1 Å². The van der Waals surface area contributed by atoms with Crippen molar-refractivity contribution >= 4 is 72.5 Å². The molecule has 0 spiro atoms. The number of nitrogens with zero attached hydrogens (tertiary/aromatic N) is 2. The lowest BCUT2D eigenvalue weighted by Crippen LogP contribution is -2.24. The normalized spacial score (nSPS) is 17.7. The van der Waals surface area contributed by atoms with Gasteiger partial charge in [-0.3, -0.25) is 4.79 Å². The zero-order chi connectivity index (χ0) is 23.4. The maximum Gasteiger partial charge on any atom is 0.339 e. The van der Waals surface area contributed by atoms with Gasteiger partial charge in [0.2, 0.25) is 5.91 Å². The SMILES string of the molecule is CCC[C@@H]1SC(=NN=Cc2c(OS(=O)(=O)c3ccc(I)cc3)ccc3ccccc23)NC1=O. The molecule has 0 unspecified atom stereocenters. The van der Waals surface area contributed by atoms with Crippen molar-refractivity contribution in [3.05, 3.63) is 69.8 Å². The number of halogens is 1. The van der Waals surface area contributed by atoms with E-state index >= 15 is 0 Å². The molecule has 0 bridgehead atoms. The highest BCUT2D eigenvalue weighted by molar-refractivity contribution is 14.1. The maximum atomic E-state index is 12.9. The number of fused-ring (bicyclic) bond motifs is 1. The van der Waals surface area contributed by atoms with E-state index in [1.807, 2.05) is 31.2 Å².